The number of aromatic nitrogens is 1. The zero-order valence-electron chi connectivity index (χ0n) is 15.4. The standard InChI is InChI=1S/C24H19BrN2O/c1-16(17-7-3-2-4-8-17)26-24(28)21-15-23(18-11-13-19(25)14-12-18)27-22-10-6-5-9-20(21)22/h2-16H,1H3,(H,26,28)/t16-/m1/s1. The molecule has 0 saturated carbocycles. The summed E-state index contributed by atoms with van der Waals surface area (Å²) < 4.78 is 1.01. The molecule has 0 radical (unpaired) electrons. The molecule has 0 aliphatic heterocycles. The molecule has 3 nitrogen and oxygen atoms in total. The third-order valence-corrected chi connectivity index (χ3v) is 5.28. The van der Waals surface area contributed by atoms with Gasteiger partial charge in [-0.3, -0.25) is 4.79 Å². The normalized spacial score (nSPS) is 11.9. The molecule has 4 rings (SSSR count). The van der Waals surface area contributed by atoms with Crippen molar-refractivity contribution >= 4 is 32.7 Å². The van der Waals surface area contributed by atoms with Crippen molar-refractivity contribution in [3.63, 3.8) is 0 Å². The Morgan fingerprint density at radius 2 is 1.61 bits per heavy atom. The largest absolute Gasteiger partial charge is 0.345 e. The fourth-order valence-electron chi connectivity index (χ4n) is 3.23. The topological polar surface area (TPSA) is 42.0 Å². The van der Waals surface area contributed by atoms with Crippen LogP contribution in [0.4, 0.5) is 0 Å². The average Bonchev–Trinajstić information content (AvgIpc) is 2.74. The quantitative estimate of drug-likeness (QED) is 0.421. The van der Waals surface area contributed by atoms with Gasteiger partial charge in [0.1, 0.15) is 0 Å². The Kier molecular flexibility index (Phi) is 5.22. The first kappa shape index (κ1) is 18.4. The minimum absolute atomic E-state index is 0.0863. The lowest BCUT2D eigenvalue weighted by molar-refractivity contribution is 0.0941. The molecule has 3 aromatic carbocycles. The molecule has 4 aromatic rings. The number of carbonyl (C=O) groups excluding carboxylic acids is 1. The van der Waals surface area contributed by atoms with Gasteiger partial charge in [-0.1, -0.05) is 76.6 Å². The maximum atomic E-state index is 13.1. The lowest BCUT2D eigenvalue weighted by atomic mass is 10.0. The second kappa shape index (κ2) is 7.95. The summed E-state index contributed by atoms with van der Waals surface area (Å²) in [5, 5.41) is 3.97. The van der Waals surface area contributed by atoms with E-state index in [1.54, 1.807) is 0 Å². The van der Waals surface area contributed by atoms with Crippen LogP contribution in [-0.2, 0) is 0 Å². The Morgan fingerprint density at radius 3 is 2.36 bits per heavy atom. The molecule has 0 unspecified atom stereocenters. The first-order valence-electron chi connectivity index (χ1n) is 9.13. The van der Waals surface area contributed by atoms with Crippen molar-refractivity contribution in [1.29, 1.82) is 0 Å². The van der Waals surface area contributed by atoms with Crippen LogP contribution in [0, 0.1) is 0 Å². The number of fused-ring (bicyclic) bond motifs is 1. The molecule has 0 saturated heterocycles. The van der Waals surface area contributed by atoms with Crippen molar-refractivity contribution in [3.8, 4) is 11.3 Å². The molecule has 0 fully saturated rings. The third-order valence-electron chi connectivity index (χ3n) is 4.75. The van der Waals surface area contributed by atoms with E-state index in [1.807, 2.05) is 91.9 Å². The number of benzene rings is 3. The van der Waals surface area contributed by atoms with Gasteiger partial charge in [-0.15, -0.1) is 0 Å². The van der Waals surface area contributed by atoms with Crippen LogP contribution in [0.25, 0.3) is 22.2 Å². The molecule has 1 aromatic heterocycles. The van der Waals surface area contributed by atoms with Gasteiger partial charge in [-0.05, 0) is 36.8 Å². The van der Waals surface area contributed by atoms with E-state index in [9.17, 15) is 4.79 Å². The highest BCUT2D eigenvalue weighted by atomic mass is 79.9. The Labute approximate surface area is 172 Å². The maximum Gasteiger partial charge on any atom is 0.252 e. The molecule has 0 bridgehead atoms. The number of halogens is 1. The molecule has 28 heavy (non-hydrogen) atoms. The van der Waals surface area contributed by atoms with Crippen LogP contribution < -0.4 is 5.32 Å². The third kappa shape index (κ3) is 3.82. The number of nitrogens with zero attached hydrogens (tertiary/aromatic N) is 1. The molecule has 1 amide bonds. The number of carbonyl (C=O) groups is 1. The van der Waals surface area contributed by atoms with E-state index in [0.717, 1.165) is 32.2 Å². The Bertz CT molecular complexity index is 1120. The molecular weight excluding hydrogens is 412 g/mol. The van der Waals surface area contributed by atoms with Gasteiger partial charge in [0, 0.05) is 15.4 Å². The van der Waals surface area contributed by atoms with Crippen molar-refractivity contribution in [1.82, 2.24) is 10.3 Å². The van der Waals surface area contributed by atoms with E-state index < -0.39 is 0 Å². The SMILES string of the molecule is C[C@@H](NC(=O)c1cc(-c2ccc(Br)cc2)nc2ccccc12)c1ccccc1. The molecule has 138 valence electrons. The molecule has 4 heteroatoms. The van der Waals surface area contributed by atoms with E-state index in [0.29, 0.717) is 5.56 Å². The highest BCUT2D eigenvalue weighted by Crippen LogP contribution is 2.26. The molecule has 1 heterocycles. The van der Waals surface area contributed by atoms with Crippen LogP contribution in [0.3, 0.4) is 0 Å². The molecule has 0 spiro atoms. The van der Waals surface area contributed by atoms with Crippen LogP contribution in [0.1, 0.15) is 28.9 Å². The summed E-state index contributed by atoms with van der Waals surface area (Å²) in [7, 11) is 0. The number of rotatable bonds is 4. The van der Waals surface area contributed by atoms with Crippen LogP contribution in [-0.4, -0.2) is 10.9 Å². The first-order valence-corrected chi connectivity index (χ1v) is 9.92. The van der Waals surface area contributed by atoms with Crippen molar-refractivity contribution in [2.24, 2.45) is 0 Å². The van der Waals surface area contributed by atoms with Gasteiger partial charge in [0.2, 0.25) is 0 Å². The number of para-hydroxylation sites is 1. The summed E-state index contributed by atoms with van der Waals surface area (Å²) in [6, 6.07) is 27.4. The molecule has 0 aliphatic rings. The van der Waals surface area contributed by atoms with Crippen LogP contribution in [0.15, 0.2) is 89.4 Å². The number of pyridine rings is 1. The van der Waals surface area contributed by atoms with Gasteiger partial charge in [0.25, 0.3) is 5.91 Å². The summed E-state index contributed by atoms with van der Waals surface area (Å²) in [4.78, 5) is 17.9. The van der Waals surface area contributed by atoms with Crippen molar-refractivity contribution < 1.29 is 4.79 Å². The predicted octanol–water partition coefficient (Wildman–Crippen LogP) is 6.16. The summed E-state index contributed by atoms with van der Waals surface area (Å²) in [6.45, 7) is 1.99. The highest BCUT2D eigenvalue weighted by molar-refractivity contribution is 9.10. The molecular formula is C24H19BrN2O. The van der Waals surface area contributed by atoms with E-state index >= 15 is 0 Å². The number of hydrogen-bond acceptors (Lipinski definition) is 2. The monoisotopic (exact) mass is 430 g/mol. The highest BCUT2D eigenvalue weighted by Gasteiger charge is 2.16. The Balaban J connectivity index is 1.74. The fraction of sp³-hybridized carbons (Fsp3) is 0.0833. The average molecular weight is 431 g/mol. The van der Waals surface area contributed by atoms with Crippen LogP contribution in [0.5, 0.6) is 0 Å². The van der Waals surface area contributed by atoms with E-state index in [2.05, 4.69) is 21.2 Å². The van der Waals surface area contributed by atoms with E-state index in [4.69, 9.17) is 4.98 Å². The number of hydrogen-bond donors (Lipinski definition) is 1. The fourth-order valence-corrected chi connectivity index (χ4v) is 3.50. The summed E-state index contributed by atoms with van der Waals surface area (Å²) in [5.74, 6) is -0.103. The minimum Gasteiger partial charge on any atom is -0.345 e. The van der Waals surface area contributed by atoms with Gasteiger partial charge >= 0.3 is 0 Å². The molecule has 0 aliphatic carbocycles. The Morgan fingerprint density at radius 1 is 0.929 bits per heavy atom. The van der Waals surface area contributed by atoms with Crippen molar-refractivity contribution in [3.05, 3.63) is 101 Å². The van der Waals surface area contributed by atoms with Gasteiger partial charge < -0.3 is 5.32 Å². The second-order valence-corrected chi connectivity index (χ2v) is 7.60. The van der Waals surface area contributed by atoms with E-state index in [1.165, 1.54) is 0 Å². The van der Waals surface area contributed by atoms with Gasteiger partial charge in [0.05, 0.1) is 22.8 Å². The summed E-state index contributed by atoms with van der Waals surface area (Å²) in [6.07, 6.45) is 0. The summed E-state index contributed by atoms with van der Waals surface area (Å²) >= 11 is 3.46. The smallest absolute Gasteiger partial charge is 0.252 e. The number of amides is 1. The van der Waals surface area contributed by atoms with Gasteiger partial charge in [0.15, 0.2) is 0 Å². The second-order valence-electron chi connectivity index (χ2n) is 6.68. The predicted molar refractivity (Wildman–Crippen MR) is 117 cm³/mol. The zero-order chi connectivity index (χ0) is 19.5. The van der Waals surface area contributed by atoms with Crippen LogP contribution >= 0.6 is 15.9 Å². The van der Waals surface area contributed by atoms with Crippen LogP contribution in [0.2, 0.25) is 0 Å². The van der Waals surface area contributed by atoms with Gasteiger partial charge in [-0.25, -0.2) is 4.98 Å². The summed E-state index contributed by atoms with van der Waals surface area (Å²) in [5.41, 5.74) is 4.26. The van der Waals surface area contributed by atoms with Crippen molar-refractivity contribution in [2.75, 3.05) is 0 Å². The lowest BCUT2D eigenvalue weighted by Gasteiger charge is -2.16. The van der Waals surface area contributed by atoms with E-state index in [-0.39, 0.29) is 11.9 Å². The minimum atomic E-state index is -0.103. The Hall–Kier alpha value is -2.98. The van der Waals surface area contributed by atoms with Gasteiger partial charge in [-0.2, -0.15) is 0 Å². The van der Waals surface area contributed by atoms with Crippen molar-refractivity contribution in [2.45, 2.75) is 13.0 Å². The lowest BCUT2D eigenvalue weighted by Crippen LogP contribution is -2.27. The molecule has 1 atom stereocenters. The zero-order valence-corrected chi connectivity index (χ0v) is 17.0. The molecule has 1 N–H and O–H groups in total. The maximum absolute atomic E-state index is 13.1. The first-order chi connectivity index (χ1) is 13.6. The number of nitrogens with one attached hydrogen (secondary N) is 1.